The first-order valence-electron chi connectivity index (χ1n) is 4.55. The van der Waals surface area contributed by atoms with Crippen LogP contribution in [0.5, 0.6) is 0 Å². The summed E-state index contributed by atoms with van der Waals surface area (Å²) in [7, 11) is 0. The molecule has 3 heteroatoms. The number of carbonyl (C=O) groups is 1. The van der Waals surface area contributed by atoms with Crippen LogP contribution < -0.4 is 0 Å². The van der Waals surface area contributed by atoms with Crippen molar-refractivity contribution in [3.8, 4) is 0 Å². The van der Waals surface area contributed by atoms with E-state index in [-0.39, 0.29) is 5.97 Å². The first-order valence-corrected chi connectivity index (χ1v) is 5.37. The van der Waals surface area contributed by atoms with E-state index in [1.165, 1.54) is 16.5 Å². The van der Waals surface area contributed by atoms with Crippen LogP contribution in [0.4, 0.5) is 0 Å². The molecule has 76 valence electrons. The third-order valence-corrected chi connectivity index (χ3v) is 2.97. The summed E-state index contributed by atoms with van der Waals surface area (Å²) in [5.41, 5.74) is 1.26. The van der Waals surface area contributed by atoms with Gasteiger partial charge in [0.25, 0.3) is 0 Å². The Morgan fingerprint density at radius 1 is 1.57 bits per heavy atom. The molecule has 0 aromatic carbocycles. The fourth-order valence-electron chi connectivity index (χ4n) is 1.02. The van der Waals surface area contributed by atoms with E-state index in [0.717, 1.165) is 4.88 Å². The molecule has 1 aromatic heterocycles. The number of thiophene rings is 1. The van der Waals surface area contributed by atoms with Gasteiger partial charge in [0.2, 0.25) is 0 Å². The lowest BCUT2D eigenvalue weighted by Crippen LogP contribution is -1.98. The number of rotatable bonds is 3. The van der Waals surface area contributed by atoms with Gasteiger partial charge in [0.05, 0.1) is 6.61 Å². The van der Waals surface area contributed by atoms with Gasteiger partial charge in [-0.3, -0.25) is 0 Å². The fourth-order valence-corrected chi connectivity index (χ4v) is 1.97. The molecular formula is C11H14O2S. The Kier molecular flexibility index (Phi) is 3.89. The molecule has 1 rings (SSSR count). The molecule has 0 spiro atoms. The molecule has 0 fully saturated rings. The minimum absolute atomic E-state index is 0.281. The minimum atomic E-state index is -0.281. The van der Waals surface area contributed by atoms with Gasteiger partial charge < -0.3 is 4.74 Å². The lowest BCUT2D eigenvalue weighted by molar-refractivity contribution is -0.137. The summed E-state index contributed by atoms with van der Waals surface area (Å²) in [6.07, 6.45) is 3.26. The largest absolute Gasteiger partial charge is 0.463 e. The predicted octanol–water partition coefficient (Wildman–Crippen LogP) is 2.94. The van der Waals surface area contributed by atoms with Crippen molar-refractivity contribution >= 4 is 23.4 Å². The second-order valence-corrected chi connectivity index (χ2v) is 4.26. The summed E-state index contributed by atoms with van der Waals surface area (Å²) in [5.74, 6) is -0.281. The highest BCUT2D eigenvalue weighted by atomic mass is 32.1. The van der Waals surface area contributed by atoms with Gasteiger partial charge in [0.15, 0.2) is 0 Å². The molecule has 2 nitrogen and oxygen atoms in total. The van der Waals surface area contributed by atoms with Crippen LogP contribution in [0.2, 0.25) is 0 Å². The number of carbonyl (C=O) groups excluding carboxylic acids is 1. The normalized spacial score (nSPS) is 10.8. The molecule has 0 unspecified atom stereocenters. The molecule has 0 amide bonds. The van der Waals surface area contributed by atoms with Crippen LogP contribution in [0.3, 0.4) is 0 Å². The van der Waals surface area contributed by atoms with Crippen LogP contribution in [0.25, 0.3) is 6.08 Å². The molecule has 1 heterocycles. The molecule has 1 aromatic rings. The molecule has 0 atom stereocenters. The Morgan fingerprint density at radius 2 is 2.29 bits per heavy atom. The van der Waals surface area contributed by atoms with Gasteiger partial charge in [0, 0.05) is 15.8 Å². The molecule has 0 radical (unpaired) electrons. The van der Waals surface area contributed by atoms with Crippen molar-refractivity contribution in [1.29, 1.82) is 0 Å². The van der Waals surface area contributed by atoms with Gasteiger partial charge >= 0.3 is 5.97 Å². The van der Waals surface area contributed by atoms with Crippen molar-refractivity contribution in [2.45, 2.75) is 20.8 Å². The second-order valence-electron chi connectivity index (χ2n) is 2.97. The second kappa shape index (κ2) is 4.96. The molecule has 0 saturated carbocycles. The van der Waals surface area contributed by atoms with Crippen LogP contribution in [-0.2, 0) is 9.53 Å². The maximum atomic E-state index is 11.0. The molecular weight excluding hydrogens is 196 g/mol. The summed E-state index contributed by atoms with van der Waals surface area (Å²) in [6, 6.07) is 2.07. The van der Waals surface area contributed by atoms with Crippen LogP contribution in [0.15, 0.2) is 12.1 Å². The van der Waals surface area contributed by atoms with E-state index in [1.807, 2.05) is 0 Å². The Hall–Kier alpha value is -1.09. The van der Waals surface area contributed by atoms with E-state index in [1.54, 1.807) is 24.3 Å². The molecule has 14 heavy (non-hydrogen) atoms. The molecule has 0 aliphatic heterocycles. The van der Waals surface area contributed by atoms with Crippen molar-refractivity contribution < 1.29 is 9.53 Å². The summed E-state index contributed by atoms with van der Waals surface area (Å²) >= 11 is 1.68. The van der Waals surface area contributed by atoms with E-state index in [4.69, 9.17) is 4.74 Å². The van der Waals surface area contributed by atoms with Crippen molar-refractivity contribution in [1.82, 2.24) is 0 Å². The number of hydrogen-bond donors (Lipinski definition) is 0. The quantitative estimate of drug-likeness (QED) is 0.566. The summed E-state index contributed by atoms with van der Waals surface area (Å²) < 4.78 is 4.78. The van der Waals surface area contributed by atoms with E-state index in [2.05, 4.69) is 19.9 Å². The monoisotopic (exact) mass is 210 g/mol. The Balaban J connectivity index is 2.64. The Bertz CT molecular complexity index is 331. The fraction of sp³-hybridized carbons (Fsp3) is 0.364. The average Bonchev–Trinajstić information content (AvgIpc) is 2.44. The number of ether oxygens (including phenoxy) is 1. The van der Waals surface area contributed by atoms with Gasteiger partial charge in [-0.2, -0.15) is 0 Å². The van der Waals surface area contributed by atoms with Gasteiger partial charge in [-0.15, -0.1) is 11.3 Å². The zero-order valence-electron chi connectivity index (χ0n) is 8.66. The Morgan fingerprint density at radius 3 is 2.79 bits per heavy atom. The standard InChI is InChI=1S/C11H14O2S/c1-4-13-11(12)6-5-10-7-8(2)9(3)14-10/h5-7H,4H2,1-3H3/b6-5+. The minimum Gasteiger partial charge on any atom is -0.463 e. The first kappa shape index (κ1) is 11.0. The number of aryl methyl sites for hydroxylation is 2. The van der Waals surface area contributed by atoms with E-state index >= 15 is 0 Å². The molecule has 0 bridgehead atoms. The highest BCUT2D eigenvalue weighted by Crippen LogP contribution is 2.21. The summed E-state index contributed by atoms with van der Waals surface area (Å²) in [6.45, 7) is 6.35. The smallest absolute Gasteiger partial charge is 0.330 e. The third kappa shape index (κ3) is 3.00. The predicted molar refractivity (Wildman–Crippen MR) is 59.5 cm³/mol. The van der Waals surface area contributed by atoms with Crippen LogP contribution in [-0.4, -0.2) is 12.6 Å². The van der Waals surface area contributed by atoms with Crippen molar-refractivity contribution in [2.75, 3.05) is 6.61 Å². The molecule has 0 aliphatic carbocycles. The number of hydrogen-bond acceptors (Lipinski definition) is 3. The van der Waals surface area contributed by atoms with Gasteiger partial charge in [-0.1, -0.05) is 0 Å². The summed E-state index contributed by atoms with van der Waals surface area (Å²) in [5, 5.41) is 0. The highest BCUT2D eigenvalue weighted by molar-refractivity contribution is 7.13. The summed E-state index contributed by atoms with van der Waals surface area (Å²) in [4.78, 5) is 13.4. The molecule has 0 aliphatic rings. The van der Waals surface area contributed by atoms with E-state index in [9.17, 15) is 4.79 Å². The van der Waals surface area contributed by atoms with Crippen LogP contribution >= 0.6 is 11.3 Å². The van der Waals surface area contributed by atoms with Crippen LogP contribution in [0, 0.1) is 13.8 Å². The molecule has 0 saturated heterocycles. The lowest BCUT2D eigenvalue weighted by atomic mass is 10.3. The SMILES string of the molecule is CCOC(=O)/C=C/c1cc(C)c(C)s1. The van der Waals surface area contributed by atoms with E-state index < -0.39 is 0 Å². The zero-order valence-corrected chi connectivity index (χ0v) is 9.48. The van der Waals surface area contributed by atoms with Gasteiger partial charge in [0.1, 0.15) is 0 Å². The van der Waals surface area contributed by atoms with Gasteiger partial charge in [-0.05, 0) is 38.5 Å². The van der Waals surface area contributed by atoms with Crippen molar-refractivity contribution in [3.05, 3.63) is 27.5 Å². The lowest BCUT2D eigenvalue weighted by Gasteiger charge is -1.93. The topological polar surface area (TPSA) is 26.3 Å². The zero-order chi connectivity index (χ0) is 10.6. The highest BCUT2D eigenvalue weighted by Gasteiger charge is 1.99. The van der Waals surface area contributed by atoms with Crippen molar-refractivity contribution in [2.24, 2.45) is 0 Å². The molecule has 0 N–H and O–H groups in total. The van der Waals surface area contributed by atoms with E-state index in [0.29, 0.717) is 6.61 Å². The maximum absolute atomic E-state index is 11.0. The maximum Gasteiger partial charge on any atom is 0.330 e. The first-order chi connectivity index (χ1) is 6.63. The average molecular weight is 210 g/mol. The van der Waals surface area contributed by atoms with Crippen molar-refractivity contribution in [3.63, 3.8) is 0 Å². The van der Waals surface area contributed by atoms with Crippen LogP contribution in [0.1, 0.15) is 22.2 Å². The third-order valence-electron chi connectivity index (χ3n) is 1.86. The van der Waals surface area contributed by atoms with Gasteiger partial charge in [-0.25, -0.2) is 4.79 Å². The number of esters is 1. The Labute approximate surface area is 88.2 Å².